The molecule has 12 heteroatoms. The smallest absolute Gasteiger partial charge is 0.322 e. The predicted molar refractivity (Wildman–Crippen MR) is 95.9 cm³/mol. The number of rotatable bonds is 12. The number of aliphatic hydroxyl groups excluding tert-OH is 1. The highest BCUT2D eigenvalue weighted by atomic mass is 16.4. The molecule has 0 aromatic carbocycles. The van der Waals surface area contributed by atoms with Crippen molar-refractivity contribution >= 4 is 29.7 Å². The Bertz CT molecular complexity index is 593. The number of aliphatic hydroxyl groups is 1. The SMILES string of the molecule is CC(C)C(N)C(=O)NC(C(=O)NC(CCC(=O)O)C(=O)NCC(=O)O)C(C)O. The minimum atomic E-state index is -1.45. The lowest BCUT2D eigenvalue weighted by atomic mass is 10.0. The van der Waals surface area contributed by atoms with Crippen LogP contribution in [0, 0.1) is 5.92 Å². The van der Waals surface area contributed by atoms with E-state index in [2.05, 4.69) is 10.6 Å². The van der Waals surface area contributed by atoms with Gasteiger partial charge in [-0.15, -0.1) is 0 Å². The van der Waals surface area contributed by atoms with Crippen LogP contribution in [0.25, 0.3) is 0 Å². The van der Waals surface area contributed by atoms with Gasteiger partial charge in [0.05, 0.1) is 12.1 Å². The van der Waals surface area contributed by atoms with Crippen molar-refractivity contribution in [1.29, 1.82) is 0 Å². The summed E-state index contributed by atoms with van der Waals surface area (Å²) in [6.07, 6.45) is -2.14. The van der Waals surface area contributed by atoms with Crippen molar-refractivity contribution in [1.82, 2.24) is 16.0 Å². The van der Waals surface area contributed by atoms with E-state index >= 15 is 0 Å². The number of amides is 3. The third-order valence-electron chi connectivity index (χ3n) is 3.78. The van der Waals surface area contributed by atoms with Gasteiger partial charge in [0.25, 0.3) is 0 Å². The van der Waals surface area contributed by atoms with Gasteiger partial charge < -0.3 is 37.0 Å². The average Bonchev–Trinajstić information content (AvgIpc) is 2.59. The molecule has 0 aliphatic rings. The van der Waals surface area contributed by atoms with Crippen LogP contribution in [0.3, 0.4) is 0 Å². The topological polar surface area (TPSA) is 208 Å². The summed E-state index contributed by atoms with van der Waals surface area (Å²) < 4.78 is 0. The van der Waals surface area contributed by atoms with Gasteiger partial charge in [0.15, 0.2) is 0 Å². The molecule has 0 fully saturated rings. The van der Waals surface area contributed by atoms with Crippen LogP contribution in [0.5, 0.6) is 0 Å². The van der Waals surface area contributed by atoms with E-state index in [1.54, 1.807) is 13.8 Å². The first-order valence-electron chi connectivity index (χ1n) is 8.62. The van der Waals surface area contributed by atoms with Gasteiger partial charge >= 0.3 is 11.9 Å². The van der Waals surface area contributed by atoms with Gasteiger partial charge in [-0.1, -0.05) is 13.8 Å². The fraction of sp³-hybridized carbons (Fsp3) is 0.688. The first kappa shape index (κ1) is 25.3. The van der Waals surface area contributed by atoms with Crippen LogP contribution < -0.4 is 21.7 Å². The minimum absolute atomic E-state index is 0.233. The second-order valence-corrected chi connectivity index (χ2v) is 6.60. The third kappa shape index (κ3) is 9.28. The average molecular weight is 404 g/mol. The molecule has 0 aromatic heterocycles. The highest BCUT2D eigenvalue weighted by Crippen LogP contribution is 2.04. The van der Waals surface area contributed by atoms with E-state index in [4.69, 9.17) is 15.9 Å². The number of carbonyl (C=O) groups excluding carboxylic acids is 3. The number of carbonyl (C=O) groups is 5. The van der Waals surface area contributed by atoms with Crippen molar-refractivity contribution in [3.05, 3.63) is 0 Å². The Morgan fingerprint density at radius 2 is 1.46 bits per heavy atom. The maximum Gasteiger partial charge on any atom is 0.322 e. The standard InChI is InChI=1S/C16H28N4O8/c1-7(2)12(17)15(27)20-13(8(3)21)16(28)19-9(4-5-10(22)23)14(26)18-6-11(24)25/h7-9,12-13,21H,4-6,17H2,1-3H3,(H,18,26)(H,19,28)(H,20,27)(H,22,23)(H,24,25). The van der Waals surface area contributed by atoms with Gasteiger partial charge in [-0.3, -0.25) is 24.0 Å². The molecule has 160 valence electrons. The Kier molecular flexibility index (Phi) is 10.7. The van der Waals surface area contributed by atoms with Gasteiger partial charge in [-0.25, -0.2) is 0 Å². The zero-order valence-corrected chi connectivity index (χ0v) is 16.0. The van der Waals surface area contributed by atoms with E-state index in [1.807, 2.05) is 5.32 Å². The maximum atomic E-state index is 12.4. The number of nitrogens with two attached hydrogens (primary N) is 1. The molecule has 4 unspecified atom stereocenters. The van der Waals surface area contributed by atoms with E-state index in [9.17, 15) is 29.1 Å². The maximum absolute atomic E-state index is 12.4. The van der Waals surface area contributed by atoms with Crippen LogP contribution in [-0.2, 0) is 24.0 Å². The molecule has 0 bridgehead atoms. The molecule has 0 aliphatic heterocycles. The first-order chi connectivity index (χ1) is 12.9. The van der Waals surface area contributed by atoms with Gasteiger partial charge in [-0.05, 0) is 19.3 Å². The molecule has 28 heavy (non-hydrogen) atoms. The summed E-state index contributed by atoms with van der Waals surface area (Å²) in [7, 11) is 0. The number of hydrogen-bond acceptors (Lipinski definition) is 7. The quantitative estimate of drug-likeness (QED) is 0.181. The third-order valence-corrected chi connectivity index (χ3v) is 3.78. The lowest BCUT2D eigenvalue weighted by Gasteiger charge is -2.26. The van der Waals surface area contributed by atoms with Crippen molar-refractivity contribution < 1.29 is 39.3 Å². The largest absolute Gasteiger partial charge is 0.481 e. The molecule has 12 nitrogen and oxygen atoms in total. The Balaban J connectivity index is 5.23. The molecule has 0 aliphatic carbocycles. The Labute approximate surface area is 161 Å². The molecule has 3 amide bonds. The monoisotopic (exact) mass is 404 g/mol. The van der Waals surface area contributed by atoms with Crippen LogP contribution in [0.15, 0.2) is 0 Å². The van der Waals surface area contributed by atoms with Crippen molar-refractivity contribution in [3.8, 4) is 0 Å². The number of carboxylic acids is 2. The second-order valence-electron chi connectivity index (χ2n) is 6.60. The number of hydrogen-bond donors (Lipinski definition) is 7. The molecule has 0 aromatic rings. The summed E-state index contributed by atoms with van der Waals surface area (Å²) in [5, 5.41) is 33.8. The molecule has 0 saturated carbocycles. The number of carboxylic acid groups (broad SMARTS) is 2. The molecular weight excluding hydrogens is 376 g/mol. The minimum Gasteiger partial charge on any atom is -0.481 e. The molecule has 8 N–H and O–H groups in total. The summed E-state index contributed by atoms with van der Waals surface area (Å²) in [6.45, 7) is 3.90. The van der Waals surface area contributed by atoms with Crippen molar-refractivity contribution in [2.75, 3.05) is 6.54 Å². The van der Waals surface area contributed by atoms with E-state index in [-0.39, 0.29) is 12.3 Å². The molecule has 4 atom stereocenters. The van der Waals surface area contributed by atoms with E-state index in [0.717, 1.165) is 0 Å². The second kappa shape index (κ2) is 11.9. The highest BCUT2D eigenvalue weighted by Gasteiger charge is 2.31. The lowest BCUT2D eigenvalue weighted by Crippen LogP contribution is -2.59. The Morgan fingerprint density at radius 3 is 1.89 bits per heavy atom. The van der Waals surface area contributed by atoms with Gasteiger partial charge in [-0.2, -0.15) is 0 Å². The molecule has 0 saturated heterocycles. The fourth-order valence-corrected chi connectivity index (χ4v) is 2.04. The summed E-state index contributed by atoms with van der Waals surface area (Å²) in [5.41, 5.74) is 5.70. The molecule has 0 radical (unpaired) electrons. The molecule has 0 spiro atoms. The fourth-order valence-electron chi connectivity index (χ4n) is 2.04. The van der Waals surface area contributed by atoms with Crippen LogP contribution in [0.4, 0.5) is 0 Å². The van der Waals surface area contributed by atoms with Gasteiger partial charge in [0, 0.05) is 6.42 Å². The summed E-state index contributed by atoms with van der Waals surface area (Å²) >= 11 is 0. The van der Waals surface area contributed by atoms with Crippen molar-refractivity contribution in [2.45, 2.75) is 57.8 Å². The van der Waals surface area contributed by atoms with E-state index in [0.29, 0.717) is 0 Å². The van der Waals surface area contributed by atoms with E-state index < -0.39 is 66.9 Å². The summed E-state index contributed by atoms with van der Waals surface area (Å²) in [5.74, 6) is -5.33. The van der Waals surface area contributed by atoms with Crippen LogP contribution in [0.2, 0.25) is 0 Å². The lowest BCUT2D eigenvalue weighted by molar-refractivity contribution is -0.140. The summed E-state index contributed by atoms with van der Waals surface area (Å²) in [6, 6.07) is -3.76. The first-order valence-corrected chi connectivity index (χ1v) is 8.62. The zero-order chi connectivity index (χ0) is 22.0. The highest BCUT2D eigenvalue weighted by molar-refractivity contribution is 5.94. The number of nitrogens with one attached hydrogen (secondary N) is 3. The summed E-state index contributed by atoms with van der Waals surface area (Å²) in [4.78, 5) is 57.9. The molecule has 0 rings (SSSR count). The van der Waals surface area contributed by atoms with Crippen LogP contribution in [-0.4, -0.2) is 75.8 Å². The molecule has 0 heterocycles. The van der Waals surface area contributed by atoms with E-state index in [1.165, 1.54) is 6.92 Å². The Morgan fingerprint density at radius 1 is 0.893 bits per heavy atom. The predicted octanol–water partition coefficient (Wildman–Crippen LogP) is -2.61. The molecular formula is C16H28N4O8. The van der Waals surface area contributed by atoms with Crippen molar-refractivity contribution in [3.63, 3.8) is 0 Å². The Hall–Kier alpha value is -2.73. The number of aliphatic carboxylic acids is 2. The van der Waals surface area contributed by atoms with Crippen LogP contribution in [0.1, 0.15) is 33.6 Å². The van der Waals surface area contributed by atoms with Crippen molar-refractivity contribution in [2.24, 2.45) is 11.7 Å². The van der Waals surface area contributed by atoms with Crippen LogP contribution >= 0.6 is 0 Å². The van der Waals surface area contributed by atoms with Gasteiger partial charge in [0.1, 0.15) is 18.6 Å². The normalized spacial score (nSPS) is 15.1. The zero-order valence-electron chi connectivity index (χ0n) is 16.0. The van der Waals surface area contributed by atoms with Gasteiger partial charge in [0.2, 0.25) is 17.7 Å².